The lowest BCUT2D eigenvalue weighted by Gasteiger charge is -2.19. The zero-order valence-corrected chi connectivity index (χ0v) is 13.2. The van der Waals surface area contributed by atoms with Crippen LogP contribution in [0.3, 0.4) is 0 Å². The van der Waals surface area contributed by atoms with Crippen molar-refractivity contribution in [1.29, 1.82) is 0 Å². The number of anilines is 1. The minimum atomic E-state index is -1.20. The predicted octanol–water partition coefficient (Wildman–Crippen LogP) is 0.989. The lowest BCUT2D eigenvalue weighted by atomic mass is 10.1. The third-order valence-corrected chi connectivity index (χ3v) is 5.10. The Kier molecular flexibility index (Phi) is 3.14. The van der Waals surface area contributed by atoms with Crippen LogP contribution < -0.4 is 10.0 Å². The van der Waals surface area contributed by atoms with Gasteiger partial charge >= 0.3 is 0 Å². The van der Waals surface area contributed by atoms with Crippen molar-refractivity contribution in [1.82, 2.24) is 14.8 Å². The third kappa shape index (κ3) is 2.69. The Morgan fingerprint density at radius 3 is 2.78 bits per heavy atom. The van der Waals surface area contributed by atoms with E-state index in [-0.39, 0.29) is 5.56 Å². The zero-order valence-electron chi connectivity index (χ0n) is 13.2. The number of nitrogens with zero attached hydrogens (tertiary/aromatic N) is 4. The maximum absolute atomic E-state index is 10.8. The van der Waals surface area contributed by atoms with Gasteiger partial charge in [-0.3, -0.25) is 4.68 Å². The summed E-state index contributed by atoms with van der Waals surface area (Å²) in [4.78, 5) is 17.9. The summed E-state index contributed by atoms with van der Waals surface area (Å²) in [6, 6.07) is 4.13. The first-order chi connectivity index (χ1) is 11.0. The molecule has 0 bridgehead atoms. The van der Waals surface area contributed by atoms with E-state index in [4.69, 9.17) is 4.98 Å². The molecule has 1 aliphatic heterocycles. The molecule has 1 saturated heterocycles. The molecule has 6 nitrogen and oxygen atoms in total. The fourth-order valence-electron chi connectivity index (χ4n) is 3.37. The van der Waals surface area contributed by atoms with E-state index in [1.54, 1.807) is 4.68 Å². The molecule has 2 aromatic rings. The van der Waals surface area contributed by atoms with E-state index in [0.29, 0.717) is 12.0 Å². The molecule has 2 fully saturated rings. The summed E-state index contributed by atoms with van der Waals surface area (Å²) >= 11 is 0. The van der Waals surface area contributed by atoms with Gasteiger partial charge in [0.05, 0.1) is 18.7 Å². The molecule has 120 valence electrons. The molecule has 0 N–H and O–H groups in total. The number of hydrogen-bond acceptors (Lipinski definition) is 5. The zero-order chi connectivity index (χ0) is 16.0. The van der Waals surface area contributed by atoms with E-state index in [9.17, 15) is 9.90 Å². The molecule has 2 aromatic heterocycles. The van der Waals surface area contributed by atoms with Crippen molar-refractivity contribution in [3.05, 3.63) is 41.3 Å². The van der Waals surface area contributed by atoms with Gasteiger partial charge in [0.1, 0.15) is 5.82 Å². The second kappa shape index (κ2) is 5.08. The minimum absolute atomic E-state index is 0.0963. The van der Waals surface area contributed by atoms with Crippen molar-refractivity contribution in [3.63, 3.8) is 0 Å². The predicted molar refractivity (Wildman–Crippen MR) is 83.1 cm³/mol. The van der Waals surface area contributed by atoms with Crippen LogP contribution in [-0.4, -0.2) is 33.8 Å². The summed E-state index contributed by atoms with van der Waals surface area (Å²) < 4.78 is 1.60. The highest BCUT2D eigenvalue weighted by atomic mass is 16.4. The van der Waals surface area contributed by atoms with Gasteiger partial charge in [-0.1, -0.05) is 6.07 Å². The first-order valence-electron chi connectivity index (χ1n) is 8.00. The quantitative estimate of drug-likeness (QED) is 0.842. The van der Waals surface area contributed by atoms with Crippen LogP contribution in [0.25, 0.3) is 0 Å². The molecular formula is C17H19N4O2-. The smallest absolute Gasteiger partial charge is 0.128 e. The van der Waals surface area contributed by atoms with E-state index >= 15 is 0 Å². The maximum atomic E-state index is 10.8. The molecule has 0 atom stereocenters. The van der Waals surface area contributed by atoms with Gasteiger partial charge in [0, 0.05) is 30.5 Å². The molecule has 2 aliphatic rings. The summed E-state index contributed by atoms with van der Waals surface area (Å²) in [5.41, 5.74) is 2.69. The summed E-state index contributed by atoms with van der Waals surface area (Å²) in [6.45, 7) is 4.73. The molecule has 6 heteroatoms. The van der Waals surface area contributed by atoms with Crippen molar-refractivity contribution in [2.75, 3.05) is 18.0 Å². The standard InChI is InChI=1S/C17H20N4O2/c1-12-13(9-21-10-14(8-18-21)16(22)23)2-3-15(19-12)20-7-6-17(11-20)4-5-17/h2-3,8,10H,4-7,9,11H2,1H3,(H,22,23)/p-1. The van der Waals surface area contributed by atoms with Crippen LogP contribution in [0.2, 0.25) is 0 Å². The van der Waals surface area contributed by atoms with E-state index in [1.165, 1.54) is 31.7 Å². The van der Waals surface area contributed by atoms with Gasteiger partial charge in [-0.2, -0.15) is 5.10 Å². The van der Waals surface area contributed by atoms with Crippen LogP contribution in [0.1, 0.15) is 40.9 Å². The van der Waals surface area contributed by atoms with Crippen LogP contribution in [0, 0.1) is 12.3 Å². The number of aromatic nitrogens is 3. The molecule has 0 radical (unpaired) electrons. The van der Waals surface area contributed by atoms with E-state index in [2.05, 4.69) is 22.1 Å². The van der Waals surface area contributed by atoms with Crippen molar-refractivity contribution in [2.45, 2.75) is 32.7 Å². The van der Waals surface area contributed by atoms with Gasteiger partial charge in [0.15, 0.2) is 0 Å². The highest BCUT2D eigenvalue weighted by molar-refractivity contribution is 5.84. The van der Waals surface area contributed by atoms with Crippen molar-refractivity contribution in [2.24, 2.45) is 5.41 Å². The molecule has 1 spiro atoms. The van der Waals surface area contributed by atoms with Gasteiger partial charge in [0.2, 0.25) is 0 Å². The van der Waals surface area contributed by atoms with Gasteiger partial charge < -0.3 is 14.8 Å². The number of aromatic carboxylic acids is 1. The van der Waals surface area contributed by atoms with Gasteiger partial charge in [-0.15, -0.1) is 0 Å². The lowest BCUT2D eigenvalue weighted by molar-refractivity contribution is -0.255. The maximum Gasteiger partial charge on any atom is 0.128 e. The van der Waals surface area contributed by atoms with E-state index in [1.807, 2.05) is 6.92 Å². The van der Waals surface area contributed by atoms with Crippen LogP contribution in [0.5, 0.6) is 0 Å². The van der Waals surface area contributed by atoms with Gasteiger partial charge in [0.25, 0.3) is 0 Å². The molecule has 3 heterocycles. The number of aryl methyl sites for hydroxylation is 1. The fourth-order valence-corrected chi connectivity index (χ4v) is 3.37. The monoisotopic (exact) mass is 311 g/mol. The molecule has 0 unspecified atom stereocenters. The highest BCUT2D eigenvalue weighted by Crippen LogP contribution is 2.53. The fraction of sp³-hybridized carbons (Fsp3) is 0.471. The Hall–Kier alpha value is -2.37. The molecule has 0 amide bonds. The summed E-state index contributed by atoms with van der Waals surface area (Å²) in [5, 5.41) is 14.9. The van der Waals surface area contributed by atoms with Crippen molar-refractivity contribution >= 4 is 11.8 Å². The molecule has 4 rings (SSSR count). The number of rotatable bonds is 4. The number of pyridine rings is 1. The second-order valence-corrected chi connectivity index (χ2v) is 6.80. The van der Waals surface area contributed by atoms with Crippen LogP contribution in [0.15, 0.2) is 24.5 Å². The number of hydrogen-bond donors (Lipinski definition) is 0. The Labute approximate surface area is 134 Å². The summed E-state index contributed by atoms with van der Waals surface area (Å²) in [7, 11) is 0. The first-order valence-corrected chi connectivity index (χ1v) is 8.00. The van der Waals surface area contributed by atoms with Crippen molar-refractivity contribution in [3.8, 4) is 0 Å². The lowest BCUT2D eigenvalue weighted by Crippen LogP contribution is -2.22. The number of carbonyl (C=O) groups is 1. The summed E-state index contributed by atoms with van der Waals surface area (Å²) in [5.74, 6) is -0.157. The summed E-state index contributed by atoms with van der Waals surface area (Å²) in [6.07, 6.45) is 6.81. The number of carboxylic acids is 1. The van der Waals surface area contributed by atoms with E-state index < -0.39 is 5.97 Å². The van der Waals surface area contributed by atoms with Gasteiger partial charge in [-0.05, 0) is 43.2 Å². The van der Waals surface area contributed by atoms with Crippen molar-refractivity contribution < 1.29 is 9.90 Å². The van der Waals surface area contributed by atoms with E-state index in [0.717, 1.165) is 30.2 Å². The average molecular weight is 311 g/mol. The molecule has 1 saturated carbocycles. The Morgan fingerprint density at radius 1 is 1.35 bits per heavy atom. The Balaban J connectivity index is 1.50. The second-order valence-electron chi connectivity index (χ2n) is 6.80. The normalized spacial score (nSPS) is 18.6. The molecule has 23 heavy (non-hydrogen) atoms. The molecular weight excluding hydrogens is 292 g/mol. The largest absolute Gasteiger partial charge is 0.545 e. The minimum Gasteiger partial charge on any atom is -0.545 e. The highest BCUT2D eigenvalue weighted by Gasteiger charge is 2.47. The topological polar surface area (TPSA) is 74.1 Å². The SMILES string of the molecule is Cc1nc(N2CCC3(CC3)C2)ccc1Cn1cc(C(=O)[O-])cn1. The Morgan fingerprint density at radius 2 is 2.17 bits per heavy atom. The Bertz CT molecular complexity index is 764. The van der Waals surface area contributed by atoms with Crippen LogP contribution in [0.4, 0.5) is 5.82 Å². The molecule has 0 aromatic carbocycles. The third-order valence-electron chi connectivity index (χ3n) is 5.10. The van der Waals surface area contributed by atoms with Gasteiger partial charge in [-0.25, -0.2) is 4.98 Å². The first kappa shape index (κ1) is 14.2. The number of carboxylic acid groups (broad SMARTS) is 1. The molecule has 1 aliphatic carbocycles. The van der Waals surface area contributed by atoms with Crippen LogP contribution in [-0.2, 0) is 6.54 Å². The average Bonchev–Trinajstić information content (AvgIpc) is 2.94. The van der Waals surface area contributed by atoms with Crippen LogP contribution >= 0.6 is 0 Å². The number of carbonyl (C=O) groups excluding carboxylic acids is 1.